The van der Waals surface area contributed by atoms with Crippen molar-refractivity contribution in [3.05, 3.63) is 77.8 Å². The lowest BCUT2D eigenvalue weighted by Gasteiger charge is -2.08. The van der Waals surface area contributed by atoms with E-state index < -0.39 is 15.8 Å². The number of nitro benzene ring substituents is 2. The van der Waals surface area contributed by atoms with Crippen LogP contribution in [0.2, 0.25) is 10.0 Å². The molecule has 9 nitrogen and oxygen atoms in total. The number of hydrogen-bond acceptors (Lipinski definition) is 6. The van der Waals surface area contributed by atoms with Gasteiger partial charge in [0.05, 0.1) is 25.6 Å². The fourth-order valence-electron chi connectivity index (χ4n) is 1.97. The highest BCUT2D eigenvalue weighted by Gasteiger charge is 2.18. The van der Waals surface area contributed by atoms with Gasteiger partial charge >= 0.3 is 0 Å². The van der Waals surface area contributed by atoms with Crippen LogP contribution in [0, 0.1) is 31.6 Å². The van der Waals surface area contributed by atoms with Gasteiger partial charge in [0.15, 0.2) is 0 Å². The number of nitriles is 1. The second-order valence-corrected chi connectivity index (χ2v) is 5.83. The normalized spacial score (nSPS) is 10.8. The molecule has 0 unspecified atom stereocenters. The number of carbonyl (C=O) groups excluding carboxylic acids is 1. The van der Waals surface area contributed by atoms with E-state index in [0.717, 1.165) is 12.1 Å². The molecule has 0 saturated heterocycles. The number of nitro groups is 2. The summed E-state index contributed by atoms with van der Waals surface area (Å²) in [5.74, 6) is -0.853. The quantitative estimate of drug-likeness (QED) is 0.338. The Bertz CT molecular complexity index is 989. The summed E-state index contributed by atoms with van der Waals surface area (Å²) >= 11 is 11.8. The Morgan fingerprint density at radius 2 is 1.56 bits per heavy atom. The van der Waals surface area contributed by atoms with Crippen LogP contribution in [-0.4, -0.2) is 15.8 Å². The first-order valence-electron chi connectivity index (χ1n) is 7.04. The van der Waals surface area contributed by atoms with Crippen molar-refractivity contribution in [1.82, 2.24) is 0 Å². The van der Waals surface area contributed by atoms with Crippen molar-refractivity contribution in [1.29, 1.82) is 5.26 Å². The number of benzene rings is 2. The topological polar surface area (TPSA) is 139 Å². The van der Waals surface area contributed by atoms with Gasteiger partial charge < -0.3 is 5.32 Å². The first kappa shape index (κ1) is 19.8. The highest BCUT2D eigenvalue weighted by atomic mass is 35.5. The zero-order valence-corrected chi connectivity index (χ0v) is 14.7. The monoisotopic (exact) mass is 406 g/mol. The number of nitrogens with zero attached hydrogens (tertiary/aromatic N) is 3. The molecule has 0 fully saturated rings. The summed E-state index contributed by atoms with van der Waals surface area (Å²) in [6.07, 6.45) is 1.21. The molecule has 0 aliphatic carbocycles. The summed E-state index contributed by atoms with van der Waals surface area (Å²) in [6, 6.07) is 8.90. The number of non-ortho nitro benzene ring substituents is 2. The molecular weight excluding hydrogens is 399 g/mol. The van der Waals surface area contributed by atoms with Gasteiger partial charge in [-0.15, -0.1) is 0 Å². The highest BCUT2D eigenvalue weighted by Crippen LogP contribution is 2.35. The van der Waals surface area contributed by atoms with Crippen molar-refractivity contribution in [3.63, 3.8) is 0 Å². The Morgan fingerprint density at radius 1 is 1.04 bits per heavy atom. The van der Waals surface area contributed by atoms with Crippen LogP contribution in [0.5, 0.6) is 0 Å². The standard InChI is InChI=1S/C16H8Cl2N4O5/c17-13-6-12(22(26)27)7-14(18)15(13)20-16(23)10(8-19)5-9-1-3-11(4-2-9)21(24)25/h1-7H,(H,20,23)/b10-5+. The van der Waals surface area contributed by atoms with Gasteiger partial charge in [-0.25, -0.2) is 0 Å². The van der Waals surface area contributed by atoms with Crippen molar-refractivity contribution in [2.45, 2.75) is 0 Å². The summed E-state index contributed by atoms with van der Waals surface area (Å²) in [4.78, 5) is 32.4. The second-order valence-electron chi connectivity index (χ2n) is 5.01. The molecule has 0 spiro atoms. The third kappa shape index (κ3) is 4.78. The number of carbonyl (C=O) groups is 1. The van der Waals surface area contributed by atoms with Crippen LogP contribution in [0.25, 0.3) is 6.08 Å². The number of halogens is 2. The summed E-state index contributed by atoms with van der Waals surface area (Å²) in [5.41, 5.74) is -0.522. The van der Waals surface area contributed by atoms with E-state index in [4.69, 9.17) is 23.2 Å². The molecule has 0 aliphatic rings. The predicted molar refractivity (Wildman–Crippen MR) is 98.4 cm³/mol. The van der Waals surface area contributed by atoms with Gasteiger partial charge in [-0.3, -0.25) is 25.0 Å². The maximum atomic E-state index is 12.3. The molecule has 0 heterocycles. The van der Waals surface area contributed by atoms with Crippen molar-refractivity contribution < 1.29 is 14.6 Å². The number of anilines is 1. The van der Waals surface area contributed by atoms with Crippen molar-refractivity contribution in [2.75, 3.05) is 5.32 Å². The molecule has 0 radical (unpaired) electrons. The van der Waals surface area contributed by atoms with Gasteiger partial charge in [0, 0.05) is 24.3 Å². The van der Waals surface area contributed by atoms with Crippen molar-refractivity contribution >= 4 is 52.2 Å². The molecule has 0 aromatic heterocycles. The zero-order chi connectivity index (χ0) is 20.1. The molecule has 0 bridgehead atoms. The van der Waals surface area contributed by atoms with E-state index in [2.05, 4.69) is 5.32 Å². The molecule has 136 valence electrons. The molecule has 1 N–H and O–H groups in total. The van der Waals surface area contributed by atoms with E-state index in [9.17, 15) is 30.3 Å². The second kappa shape index (κ2) is 8.27. The first-order valence-corrected chi connectivity index (χ1v) is 7.79. The Morgan fingerprint density at radius 3 is 2.00 bits per heavy atom. The molecule has 0 aliphatic heterocycles. The van der Waals surface area contributed by atoms with Crippen LogP contribution in [-0.2, 0) is 4.79 Å². The summed E-state index contributed by atoms with van der Waals surface area (Å²) in [6.45, 7) is 0. The zero-order valence-electron chi connectivity index (χ0n) is 13.2. The van der Waals surface area contributed by atoms with Crippen molar-refractivity contribution in [3.8, 4) is 6.07 Å². The maximum absolute atomic E-state index is 12.3. The van der Waals surface area contributed by atoms with E-state index in [-0.39, 0.29) is 32.7 Å². The number of nitrogens with one attached hydrogen (secondary N) is 1. The molecular formula is C16H8Cl2N4O5. The predicted octanol–water partition coefficient (Wildman–Crippen LogP) is 4.36. The third-order valence-corrected chi connectivity index (χ3v) is 3.85. The molecule has 2 aromatic rings. The smallest absolute Gasteiger partial charge is 0.272 e. The molecule has 0 saturated carbocycles. The Labute approximate surface area is 161 Å². The van der Waals surface area contributed by atoms with Crippen molar-refractivity contribution in [2.24, 2.45) is 0 Å². The lowest BCUT2D eigenvalue weighted by molar-refractivity contribution is -0.385. The average molecular weight is 407 g/mol. The lowest BCUT2D eigenvalue weighted by atomic mass is 10.1. The van der Waals surface area contributed by atoms with E-state index in [1.807, 2.05) is 0 Å². The fraction of sp³-hybridized carbons (Fsp3) is 0. The van der Waals surface area contributed by atoms with Gasteiger partial charge in [0.2, 0.25) is 0 Å². The van der Waals surface area contributed by atoms with Crippen LogP contribution in [0.1, 0.15) is 5.56 Å². The SMILES string of the molecule is N#C/C(=C\c1ccc([N+](=O)[O-])cc1)C(=O)Nc1c(Cl)cc([N+](=O)[O-])cc1Cl. The van der Waals surface area contributed by atoms with Gasteiger partial charge in [0.25, 0.3) is 17.3 Å². The first-order chi connectivity index (χ1) is 12.7. The van der Waals surface area contributed by atoms with Gasteiger partial charge in [-0.1, -0.05) is 23.2 Å². The molecule has 27 heavy (non-hydrogen) atoms. The largest absolute Gasteiger partial charge is 0.319 e. The Kier molecular flexibility index (Phi) is 6.07. The van der Waals surface area contributed by atoms with E-state index >= 15 is 0 Å². The van der Waals surface area contributed by atoms with Gasteiger partial charge in [0.1, 0.15) is 11.6 Å². The van der Waals surface area contributed by atoms with Gasteiger partial charge in [-0.05, 0) is 23.8 Å². The van der Waals surface area contributed by atoms with Crippen LogP contribution < -0.4 is 5.32 Å². The summed E-state index contributed by atoms with van der Waals surface area (Å²) < 4.78 is 0. The minimum atomic E-state index is -0.853. The minimum Gasteiger partial charge on any atom is -0.319 e. The summed E-state index contributed by atoms with van der Waals surface area (Å²) in [7, 11) is 0. The molecule has 2 rings (SSSR count). The highest BCUT2D eigenvalue weighted by molar-refractivity contribution is 6.40. The molecule has 2 aromatic carbocycles. The molecule has 1 amide bonds. The van der Waals surface area contributed by atoms with E-state index in [1.165, 1.54) is 30.3 Å². The van der Waals surface area contributed by atoms with Crippen LogP contribution in [0.15, 0.2) is 42.0 Å². The maximum Gasteiger partial charge on any atom is 0.272 e. The number of rotatable bonds is 5. The van der Waals surface area contributed by atoms with Gasteiger partial charge in [-0.2, -0.15) is 5.26 Å². The fourth-order valence-corrected chi connectivity index (χ4v) is 2.54. The average Bonchev–Trinajstić information content (AvgIpc) is 2.62. The molecule has 0 atom stereocenters. The Balaban J connectivity index is 2.29. The lowest BCUT2D eigenvalue weighted by Crippen LogP contribution is -2.14. The van der Waals surface area contributed by atoms with E-state index in [0.29, 0.717) is 5.56 Å². The minimum absolute atomic E-state index is 0.0845. The number of hydrogen-bond donors (Lipinski definition) is 1. The van der Waals surface area contributed by atoms with E-state index in [1.54, 1.807) is 6.07 Å². The van der Waals surface area contributed by atoms with Crippen LogP contribution in [0.3, 0.4) is 0 Å². The molecule has 11 heteroatoms. The number of amides is 1. The van der Waals surface area contributed by atoms with Crippen LogP contribution >= 0.6 is 23.2 Å². The summed E-state index contributed by atoms with van der Waals surface area (Å²) in [5, 5.41) is 32.6. The third-order valence-electron chi connectivity index (χ3n) is 3.26. The Hall–Kier alpha value is -3.48. The van der Waals surface area contributed by atoms with Crippen LogP contribution in [0.4, 0.5) is 17.1 Å².